The molecule has 2 fully saturated rings. The number of methoxy groups -OCH3 is 1. The molecule has 0 aromatic heterocycles. The molecule has 0 aliphatic carbocycles. The molecular weight excluding hydrogens is 296 g/mol. The van der Waals surface area contributed by atoms with Gasteiger partial charge in [0.1, 0.15) is 0 Å². The van der Waals surface area contributed by atoms with Gasteiger partial charge in [-0.2, -0.15) is 0 Å². The van der Waals surface area contributed by atoms with Crippen LogP contribution in [0.4, 0.5) is 5.69 Å². The second-order valence-electron chi connectivity index (χ2n) is 5.97. The molecule has 2 amide bonds. The number of rotatable bonds is 3. The van der Waals surface area contributed by atoms with Crippen LogP contribution in [0.15, 0.2) is 24.3 Å². The number of nitrogens with zero attached hydrogens (tertiary/aromatic N) is 2. The maximum absolute atomic E-state index is 12.3. The monoisotopic (exact) mass is 316 g/mol. The summed E-state index contributed by atoms with van der Waals surface area (Å²) in [6.45, 7) is 1.95. The van der Waals surface area contributed by atoms with Gasteiger partial charge in [0, 0.05) is 37.3 Å². The maximum Gasteiger partial charge on any atom is 0.311 e. The SMILES string of the molecule is COC(=O)C1CC(=O)N(c2ccc(C(=O)N3CCCC3)cc2)C1. The minimum Gasteiger partial charge on any atom is -0.469 e. The summed E-state index contributed by atoms with van der Waals surface area (Å²) < 4.78 is 4.71. The van der Waals surface area contributed by atoms with Gasteiger partial charge in [0.25, 0.3) is 5.91 Å². The Morgan fingerprint density at radius 3 is 2.39 bits per heavy atom. The molecule has 3 rings (SSSR count). The lowest BCUT2D eigenvalue weighted by molar-refractivity contribution is -0.145. The lowest BCUT2D eigenvalue weighted by Crippen LogP contribution is -2.28. The molecule has 0 N–H and O–H groups in total. The summed E-state index contributed by atoms with van der Waals surface area (Å²) in [6, 6.07) is 7.02. The number of anilines is 1. The van der Waals surface area contributed by atoms with Crippen LogP contribution >= 0.6 is 0 Å². The van der Waals surface area contributed by atoms with Gasteiger partial charge in [0.15, 0.2) is 0 Å². The zero-order valence-corrected chi connectivity index (χ0v) is 13.2. The predicted molar refractivity (Wildman–Crippen MR) is 84.1 cm³/mol. The van der Waals surface area contributed by atoms with Crippen molar-refractivity contribution in [2.75, 3.05) is 31.6 Å². The third kappa shape index (κ3) is 3.06. The number of carbonyl (C=O) groups is 3. The van der Waals surface area contributed by atoms with E-state index in [9.17, 15) is 14.4 Å². The van der Waals surface area contributed by atoms with Crippen molar-refractivity contribution in [1.29, 1.82) is 0 Å². The summed E-state index contributed by atoms with van der Waals surface area (Å²) in [5.74, 6) is -0.839. The van der Waals surface area contributed by atoms with Crippen molar-refractivity contribution < 1.29 is 19.1 Å². The molecule has 2 saturated heterocycles. The van der Waals surface area contributed by atoms with E-state index in [-0.39, 0.29) is 24.2 Å². The summed E-state index contributed by atoms with van der Waals surface area (Å²) in [4.78, 5) is 39.4. The summed E-state index contributed by atoms with van der Waals surface area (Å²) in [5.41, 5.74) is 1.34. The lowest BCUT2D eigenvalue weighted by Gasteiger charge is -2.18. The van der Waals surface area contributed by atoms with Crippen molar-refractivity contribution >= 4 is 23.5 Å². The molecule has 2 aliphatic heterocycles. The molecule has 0 bridgehead atoms. The first-order chi connectivity index (χ1) is 11.1. The van der Waals surface area contributed by atoms with E-state index in [4.69, 9.17) is 4.74 Å². The molecule has 6 heteroatoms. The normalized spacial score (nSPS) is 20.9. The Morgan fingerprint density at radius 1 is 1.13 bits per heavy atom. The number of amides is 2. The van der Waals surface area contributed by atoms with Gasteiger partial charge in [-0.1, -0.05) is 0 Å². The molecule has 1 atom stereocenters. The van der Waals surface area contributed by atoms with E-state index in [0.717, 1.165) is 25.9 Å². The first-order valence-electron chi connectivity index (χ1n) is 7.87. The molecule has 6 nitrogen and oxygen atoms in total. The second-order valence-corrected chi connectivity index (χ2v) is 5.97. The number of benzene rings is 1. The van der Waals surface area contributed by atoms with E-state index >= 15 is 0 Å². The molecule has 1 aromatic carbocycles. The smallest absolute Gasteiger partial charge is 0.311 e. The highest BCUT2D eigenvalue weighted by Gasteiger charge is 2.35. The van der Waals surface area contributed by atoms with Gasteiger partial charge in [-0.05, 0) is 37.1 Å². The number of hydrogen-bond donors (Lipinski definition) is 0. The first-order valence-corrected chi connectivity index (χ1v) is 7.87. The molecule has 23 heavy (non-hydrogen) atoms. The van der Waals surface area contributed by atoms with Gasteiger partial charge < -0.3 is 14.5 Å². The van der Waals surface area contributed by atoms with Crippen LogP contribution in [0.25, 0.3) is 0 Å². The van der Waals surface area contributed by atoms with Crippen molar-refractivity contribution in [2.45, 2.75) is 19.3 Å². The van der Waals surface area contributed by atoms with Crippen LogP contribution in [-0.2, 0) is 14.3 Å². The van der Waals surface area contributed by atoms with Crippen LogP contribution in [0.5, 0.6) is 0 Å². The molecule has 1 aromatic rings. The van der Waals surface area contributed by atoms with E-state index in [1.54, 1.807) is 29.2 Å². The Labute approximate surface area is 135 Å². The summed E-state index contributed by atoms with van der Waals surface area (Å²) in [5, 5.41) is 0. The average Bonchev–Trinajstić information content (AvgIpc) is 3.23. The van der Waals surface area contributed by atoms with E-state index in [1.165, 1.54) is 7.11 Å². The minimum absolute atomic E-state index is 0.0363. The highest BCUT2D eigenvalue weighted by molar-refractivity contribution is 6.00. The molecule has 1 unspecified atom stereocenters. The topological polar surface area (TPSA) is 66.9 Å². The van der Waals surface area contributed by atoms with Crippen LogP contribution in [0.1, 0.15) is 29.6 Å². The maximum atomic E-state index is 12.3. The van der Waals surface area contributed by atoms with Crippen LogP contribution in [0, 0.1) is 5.92 Å². The van der Waals surface area contributed by atoms with Crippen molar-refractivity contribution in [3.63, 3.8) is 0 Å². The number of likely N-dealkylation sites (tertiary alicyclic amines) is 1. The summed E-state index contributed by atoms with van der Waals surface area (Å²) in [6.07, 6.45) is 2.28. The quantitative estimate of drug-likeness (QED) is 0.792. The Hall–Kier alpha value is -2.37. The fourth-order valence-electron chi connectivity index (χ4n) is 3.17. The number of carbonyl (C=O) groups excluding carboxylic acids is 3. The molecular formula is C17H20N2O4. The fourth-order valence-corrected chi connectivity index (χ4v) is 3.17. The first kappa shape index (κ1) is 15.5. The molecule has 2 heterocycles. The van der Waals surface area contributed by atoms with Gasteiger partial charge in [-0.15, -0.1) is 0 Å². The van der Waals surface area contributed by atoms with Crippen molar-refractivity contribution in [2.24, 2.45) is 5.92 Å². The highest BCUT2D eigenvalue weighted by atomic mass is 16.5. The second kappa shape index (κ2) is 6.40. The van der Waals surface area contributed by atoms with Crippen molar-refractivity contribution in [3.05, 3.63) is 29.8 Å². The van der Waals surface area contributed by atoms with Crippen LogP contribution in [0.2, 0.25) is 0 Å². The average molecular weight is 316 g/mol. The third-order valence-corrected chi connectivity index (χ3v) is 4.48. The van der Waals surface area contributed by atoms with Gasteiger partial charge in [0.2, 0.25) is 5.91 Å². The lowest BCUT2D eigenvalue weighted by atomic mass is 10.1. The molecule has 2 aliphatic rings. The van der Waals surface area contributed by atoms with E-state index in [0.29, 0.717) is 17.8 Å². The van der Waals surface area contributed by atoms with E-state index in [2.05, 4.69) is 0 Å². The predicted octanol–water partition coefficient (Wildman–Crippen LogP) is 1.45. The van der Waals surface area contributed by atoms with Gasteiger partial charge in [-0.25, -0.2) is 0 Å². The van der Waals surface area contributed by atoms with Crippen molar-refractivity contribution in [1.82, 2.24) is 4.90 Å². The number of hydrogen-bond acceptors (Lipinski definition) is 4. The van der Waals surface area contributed by atoms with Gasteiger partial charge >= 0.3 is 5.97 Å². The van der Waals surface area contributed by atoms with E-state index in [1.807, 2.05) is 4.90 Å². The van der Waals surface area contributed by atoms with Crippen molar-refractivity contribution in [3.8, 4) is 0 Å². The van der Waals surface area contributed by atoms with Crippen LogP contribution in [0.3, 0.4) is 0 Å². The van der Waals surface area contributed by atoms with Gasteiger partial charge in [0.05, 0.1) is 13.0 Å². The molecule has 122 valence electrons. The Balaban J connectivity index is 1.71. The number of ether oxygens (including phenoxy) is 1. The van der Waals surface area contributed by atoms with Crippen LogP contribution < -0.4 is 4.90 Å². The molecule has 0 saturated carbocycles. The largest absolute Gasteiger partial charge is 0.469 e. The zero-order chi connectivity index (χ0) is 16.4. The Bertz CT molecular complexity index is 620. The Morgan fingerprint density at radius 2 is 1.78 bits per heavy atom. The Kier molecular flexibility index (Phi) is 4.32. The minimum atomic E-state index is -0.418. The number of esters is 1. The third-order valence-electron chi connectivity index (χ3n) is 4.48. The molecule has 0 spiro atoms. The zero-order valence-electron chi connectivity index (χ0n) is 13.2. The molecule has 0 radical (unpaired) electrons. The highest BCUT2D eigenvalue weighted by Crippen LogP contribution is 2.26. The van der Waals surface area contributed by atoms with E-state index < -0.39 is 5.92 Å². The fraction of sp³-hybridized carbons (Fsp3) is 0.471. The van der Waals surface area contributed by atoms with Gasteiger partial charge in [-0.3, -0.25) is 14.4 Å². The summed E-state index contributed by atoms with van der Waals surface area (Å²) in [7, 11) is 1.33. The van der Waals surface area contributed by atoms with Crippen LogP contribution in [-0.4, -0.2) is 49.4 Å². The summed E-state index contributed by atoms with van der Waals surface area (Å²) >= 11 is 0. The standard InChI is InChI=1S/C17H20N2O4/c1-23-17(22)13-10-15(20)19(11-13)14-6-4-12(5-7-14)16(21)18-8-2-3-9-18/h4-7,13H,2-3,8-11H2,1H3.